The maximum absolute atomic E-state index is 13.6. The Labute approximate surface area is 176 Å². The van der Waals surface area contributed by atoms with E-state index >= 15 is 0 Å². The van der Waals surface area contributed by atoms with Crippen LogP contribution in [-0.2, 0) is 13.1 Å². The van der Waals surface area contributed by atoms with E-state index in [9.17, 15) is 9.18 Å². The molecule has 2 aromatic carbocycles. The van der Waals surface area contributed by atoms with Gasteiger partial charge < -0.3 is 9.30 Å². The van der Waals surface area contributed by atoms with Crippen molar-refractivity contribution < 1.29 is 9.13 Å². The van der Waals surface area contributed by atoms with Crippen LogP contribution in [0.4, 0.5) is 4.39 Å². The fourth-order valence-electron chi connectivity index (χ4n) is 3.53. The van der Waals surface area contributed by atoms with Crippen molar-refractivity contribution in [2.24, 2.45) is 0 Å². The number of imidazole rings is 2. The molecule has 2 aliphatic rings. The van der Waals surface area contributed by atoms with Crippen LogP contribution in [0.5, 0.6) is 5.75 Å². The van der Waals surface area contributed by atoms with Gasteiger partial charge in [-0.3, -0.25) is 4.57 Å². The normalized spacial score (nSPS) is 11.3. The zero-order chi connectivity index (χ0) is 21.4. The second kappa shape index (κ2) is 7.60. The molecule has 31 heavy (non-hydrogen) atoms. The molecule has 3 aromatic rings. The molecule has 154 valence electrons. The van der Waals surface area contributed by atoms with Crippen LogP contribution in [0.1, 0.15) is 11.1 Å². The van der Waals surface area contributed by atoms with Crippen LogP contribution >= 0.6 is 0 Å². The van der Waals surface area contributed by atoms with E-state index in [1.54, 1.807) is 25.6 Å². The van der Waals surface area contributed by atoms with Crippen molar-refractivity contribution in [1.82, 2.24) is 29.1 Å². The molecule has 2 aliphatic heterocycles. The summed E-state index contributed by atoms with van der Waals surface area (Å²) in [6.07, 6.45) is 3.05. The standard InChI is InChI=1S/C22H17FN6O2/c1-31-17-7-5-14(6-8-17)10-28-13-26-18-19-21(25-12-24-20(18)28)29(22(30)27-19)11-15-3-2-4-16(23)9-15/h2-9,12-13H,10-11H2,1H3. The Balaban J connectivity index is 1.54. The second-order valence-electron chi connectivity index (χ2n) is 7.05. The lowest BCUT2D eigenvalue weighted by Gasteiger charge is -2.04. The van der Waals surface area contributed by atoms with Crippen LogP contribution in [-0.4, -0.2) is 36.2 Å². The monoisotopic (exact) mass is 416 g/mol. The van der Waals surface area contributed by atoms with Gasteiger partial charge in [0.05, 0.1) is 26.5 Å². The van der Waals surface area contributed by atoms with Crippen molar-refractivity contribution in [2.75, 3.05) is 7.11 Å². The van der Waals surface area contributed by atoms with Crippen molar-refractivity contribution in [3.63, 3.8) is 0 Å². The van der Waals surface area contributed by atoms with Gasteiger partial charge in [0.2, 0.25) is 0 Å². The number of hydrogen-bond acceptors (Lipinski definition) is 6. The summed E-state index contributed by atoms with van der Waals surface area (Å²) in [5, 5.41) is 0. The Hall–Kier alpha value is -4.14. The zero-order valence-corrected chi connectivity index (χ0v) is 16.6. The number of rotatable bonds is 5. The summed E-state index contributed by atoms with van der Waals surface area (Å²) in [6.45, 7) is 0.686. The second-order valence-corrected chi connectivity index (χ2v) is 7.05. The van der Waals surface area contributed by atoms with E-state index in [1.165, 1.54) is 23.0 Å². The molecule has 0 bridgehead atoms. The average molecular weight is 416 g/mol. The molecule has 0 N–H and O–H groups in total. The highest BCUT2D eigenvalue weighted by Gasteiger charge is 2.21. The van der Waals surface area contributed by atoms with Crippen molar-refractivity contribution >= 4 is 11.2 Å². The first-order valence-electron chi connectivity index (χ1n) is 9.56. The molecule has 1 aromatic heterocycles. The minimum absolute atomic E-state index is 0.151. The lowest BCUT2D eigenvalue weighted by atomic mass is 10.2. The zero-order valence-electron chi connectivity index (χ0n) is 16.6. The van der Waals surface area contributed by atoms with Gasteiger partial charge in [0, 0.05) is 0 Å². The van der Waals surface area contributed by atoms with Crippen LogP contribution < -0.4 is 10.4 Å². The van der Waals surface area contributed by atoms with Gasteiger partial charge in [-0.15, -0.1) is 0 Å². The van der Waals surface area contributed by atoms with E-state index in [-0.39, 0.29) is 12.4 Å². The largest absolute Gasteiger partial charge is 0.497 e. The summed E-state index contributed by atoms with van der Waals surface area (Å²) in [5.74, 6) is 0.766. The number of benzene rings is 2. The molecule has 5 rings (SSSR count). The Morgan fingerprint density at radius 1 is 1.00 bits per heavy atom. The number of fused-ring (bicyclic) bond motifs is 3. The first-order chi connectivity index (χ1) is 15.1. The third-order valence-electron chi connectivity index (χ3n) is 5.04. The van der Waals surface area contributed by atoms with E-state index in [4.69, 9.17) is 4.74 Å². The summed E-state index contributed by atoms with van der Waals surface area (Å²) in [6, 6.07) is 13.8. The molecule has 0 radical (unpaired) electrons. The highest BCUT2D eigenvalue weighted by atomic mass is 19.1. The molecule has 9 heteroatoms. The van der Waals surface area contributed by atoms with E-state index in [2.05, 4.69) is 19.9 Å². The summed E-state index contributed by atoms with van der Waals surface area (Å²) in [4.78, 5) is 30.0. The van der Waals surface area contributed by atoms with Crippen molar-refractivity contribution in [2.45, 2.75) is 13.1 Å². The van der Waals surface area contributed by atoms with Crippen LogP contribution in [0.3, 0.4) is 0 Å². The lowest BCUT2D eigenvalue weighted by Crippen LogP contribution is -2.17. The molecule has 0 spiro atoms. The van der Waals surface area contributed by atoms with Crippen LogP contribution in [0.2, 0.25) is 0 Å². The van der Waals surface area contributed by atoms with E-state index in [1.807, 2.05) is 28.8 Å². The third-order valence-corrected chi connectivity index (χ3v) is 5.04. The third kappa shape index (κ3) is 3.50. The number of hydrogen-bond donors (Lipinski definition) is 0. The molecule has 0 unspecified atom stereocenters. The van der Waals surface area contributed by atoms with Gasteiger partial charge >= 0.3 is 5.69 Å². The van der Waals surface area contributed by atoms with Crippen molar-refractivity contribution in [3.05, 3.63) is 88.6 Å². The fourth-order valence-corrected chi connectivity index (χ4v) is 3.53. The van der Waals surface area contributed by atoms with Gasteiger partial charge in [-0.05, 0) is 35.4 Å². The first kappa shape index (κ1) is 18.9. The van der Waals surface area contributed by atoms with Crippen molar-refractivity contribution in [3.8, 4) is 17.3 Å². The average Bonchev–Trinajstić information content (AvgIpc) is 3.24. The molecule has 0 saturated heterocycles. The fraction of sp³-hybridized carbons (Fsp3) is 0.136. The minimum Gasteiger partial charge on any atom is -0.497 e. The molecule has 3 heterocycles. The molecule has 0 aliphatic carbocycles. The minimum atomic E-state index is -0.469. The molecule has 0 amide bonds. The highest BCUT2D eigenvalue weighted by Crippen LogP contribution is 2.24. The number of halogens is 1. The molecule has 0 saturated carbocycles. The lowest BCUT2D eigenvalue weighted by molar-refractivity contribution is 0.414. The van der Waals surface area contributed by atoms with Crippen LogP contribution in [0.25, 0.3) is 22.7 Å². The number of nitrogens with zero attached hydrogens (tertiary/aromatic N) is 6. The predicted molar refractivity (Wildman–Crippen MR) is 112 cm³/mol. The van der Waals surface area contributed by atoms with Gasteiger partial charge in [-0.2, -0.15) is 4.98 Å². The molecular weight excluding hydrogens is 399 g/mol. The number of aromatic nitrogens is 6. The quantitative estimate of drug-likeness (QED) is 0.438. The maximum atomic E-state index is 13.6. The van der Waals surface area contributed by atoms with E-state index in [0.717, 1.165) is 11.3 Å². The Bertz CT molecular complexity index is 1410. The number of ether oxygens (including phenoxy) is 1. The smallest absolute Gasteiger partial charge is 0.350 e. The molecule has 0 atom stereocenters. The van der Waals surface area contributed by atoms with Gasteiger partial charge in [0.15, 0.2) is 11.5 Å². The van der Waals surface area contributed by atoms with Gasteiger partial charge in [-0.25, -0.2) is 24.1 Å². The van der Waals surface area contributed by atoms with E-state index < -0.39 is 5.69 Å². The van der Waals surface area contributed by atoms with Crippen LogP contribution in [0.15, 0.2) is 66.0 Å². The molecule has 0 fully saturated rings. The van der Waals surface area contributed by atoms with Crippen LogP contribution in [0, 0.1) is 5.82 Å². The summed E-state index contributed by atoms with van der Waals surface area (Å²) < 4.78 is 22.0. The Morgan fingerprint density at radius 2 is 1.84 bits per heavy atom. The van der Waals surface area contributed by atoms with Crippen molar-refractivity contribution in [1.29, 1.82) is 0 Å². The maximum Gasteiger partial charge on any atom is 0.350 e. The summed E-state index contributed by atoms with van der Waals surface area (Å²) >= 11 is 0. The van der Waals surface area contributed by atoms with Gasteiger partial charge in [0.25, 0.3) is 0 Å². The SMILES string of the molecule is COc1ccc(Cn2cnc3c4nc(=O)n(Cc5cccc(F)c5)c-4ncnc32)cc1. The predicted octanol–water partition coefficient (Wildman–Crippen LogP) is 2.73. The Morgan fingerprint density at radius 3 is 2.61 bits per heavy atom. The topological polar surface area (TPSA) is 87.7 Å². The summed E-state index contributed by atoms with van der Waals surface area (Å²) in [5.41, 5.74) is 2.62. The molecular formula is C22H17FN6O2. The summed E-state index contributed by atoms with van der Waals surface area (Å²) in [7, 11) is 1.62. The molecule has 8 nitrogen and oxygen atoms in total. The van der Waals surface area contributed by atoms with E-state index in [0.29, 0.717) is 34.8 Å². The first-order valence-corrected chi connectivity index (χ1v) is 9.56. The Kier molecular flexibility index (Phi) is 4.62. The number of methoxy groups -OCH3 is 1. The van der Waals surface area contributed by atoms with Gasteiger partial charge in [-0.1, -0.05) is 24.3 Å². The highest BCUT2D eigenvalue weighted by molar-refractivity contribution is 5.85. The van der Waals surface area contributed by atoms with Gasteiger partial charge in [0.1, 0.15) is 29.1 Å².